The molecule has 0 saturated heterocycles. The highest BCUT2D eigenvalue weighted by molar-refractivity contribution is 9.11. The van der Waals surface area contributed by atoms with Crippen molar-refractivity contribution in [3.05, 3.63) is 53.6 Å². The lowest BCUT2D eigenvalue weighted by molar-refractivity contribution is 0.290. The van der Waals surface area contributed by atoms with Crippen molar-refractivity contribution in [1.82, 2.24) is 17.5 Å². The van der Waals surface area contributed by atoms with Crippen molar-refractivity contribution >= 4 is 112 Å². The zero-order chi connectivity index (χ0) is 62.6. The molecule has 2 unspecified atom stereocenters. The van der Waals surface area contributed by atoms with Gasteiger partial charge in [-0.25, -0.2) is 8.78 Å². The summed E-state index contributed by atoms with van der Waals surface area (Å²) in [6, 6.07) is 4.41. The fourth-order valence-corrected chi connectivity index (χ4v) is 17.4. The molecule has 6 rings (SSSR count). The van der Waals surface area contributed by atoms with Crippen molar-refractivity contribution < 1.29 is 18.3 Å². The highest BCUT2D eigenvalue weighted by atomic mass is 79.9. The minimum absolute atomic E-state index is 0.152. The molecule has 0 saturated carbocycles. The van der Waals surface area contributed by atoms with E-state index in [4.69, 9.17) is 27.0 Å². The van der Waals surface area contributed by atoms with E-state index >= 15 is 8.78 Å². The van der Waals surface area contributed by atoms with Gasteiger partial charge in [0.15, 0.2) is 23.1 Å². The molecule has 4 aromatic heterocycles. The number of nitrogens with zero attached hydrogens (tertiary/aromatic N) is 4. The lowest BCUT2D eigenvalue weighted by Crippen LogP contribution is -2.05. The summed E-state index contributed by atoms with van der Waals surface area (Å²) in [5.41, 5.74) is 6.44. The highest BCUT2D eigenvalue weighted by Crippen LogP contribution is 2.48. The molecule has 0 amide bonds. The van der Waals surface area contributed by atoms with Crippen LogP contribution >= 0.6 is 78.0 Å². The number of hydrogen-bond donors (Lipinski definition) is 0. The van der Waals surface area contributed by atoms with Crippen LogP contribution in [0.1, 0.15) is 321 Å². The molecule has 14 heteroatoms. The Balaban J connectivity index is 1.39. The van der Waals surface area contributed by atoms with Gasteiger partial charge in [0.1, 0.15) is 22.1 Å². The van der Waals surface area contributed by atoms with Crippen LogP contribution in [0.25, 0.3) is 55.1 Å². The van der Waals surface area contributed by atoms with Crippen molar-refractivity contribution in [2.75, 3.05) is 13.2 Å². The van der Waals surface area contributed by atoms with Gasteiger partial charge in [-0.05, 0) is 105 Å². The van der Waals surface area contributed by atoms with Crippen LogP contribution in [0.2, 0.25) is 0 Å². The molecule has 0 radical (unpaired) electrons. The Morgan fingerprint density at radius 1 is 0.386 bits per heavy atom. The Morgan fingerprint density at radius 2 is 0.659 bits per heavy atom. The predicted molar refractivity (Wildman–Crippen MR) is 390 cm³/mol. The monoisotopic (exact) mass is 1410 g/mol. The van der Waals surface area contributed by atoms with E-state index in [1.54, 1.807) is 22.7 Å². The fraction of sp³-hybridized carbons (Fsp3) is 0.703. The van der Waals surface area contributed by atoms with Crippen LogP contribution < -0.4 is 9.47 Å². The van der Waals surface area contributed by atoms with Crippen LogP contribution in [-0.2, 0) is 12.8 Å². The molecular formula is C74H112Br2F2N4O2S4. The summed E-state index contributed by atoms with van der Waals surface area (Å²) in [7, 11) is 0. The summed E-state index contributed by atoms with van der Waals surface area (Å²) < 4.78 is 71.4. The average molecular weight is 1420 g/mol. The van der Waals surface area contributed by atoms with Gasteiger partial charge in [0.25, 0.3) is 0 Å². The summed E-state index contributed by atoms with van der Waals surface area (Å²) in [6.07, 6.45) is 54.3. The van der Waals surface area contributed by atoms with Gasteiger partial charge in [-0.3, -0.25) is 0 Å². The molecule has 2 aromatic carbocycles. The van der Waals surface area contributed by atoms with Crippen LogP contribution in [0.4, 0.5) is 8.78 Å². The van der Waals surface area contributed by atoms with Crippen LogP contribution in [-0.4, -0.2) is 30.7 Å². The van der Waals surface area contributed by atoms with Crippen molar-refractivity contribution in [1.29, 1.82) is 0 Å². The minimum Gasteiger partial charge on any atom is -0.490 e. The summed E-state index contributed by atoms with van der Waals surface area (Å²) in [5.74, 6) is 0.574. The maximum atomic E-state index is 18.2. The van der Waals surface area contributed by atoms with Gasteiger partial charge in [0, 0.05) is 20.9 Å². The molecule has 0 bridgehead atoms. The van der Waals surface area contributed by atoms with Crippen LogP contribution in [0.5, 0.6) is 11.5 Å². The lowest BCUT2D eigenvalue weighted by atomic mass is 9.89. The Hall–Kier alpha value is -2.36. The van der Waals surface area contributed by atoms with Gasteiger partial charge >= 0.3 is 0 Å². The van der Waals surface area contributed by atoms with E-state index in [0.717, 1.165) is 92.2 Å². The molecule has 6 aromatic rings. The Kier molecular flexibility index (Phi) is 37.6. The summed E-state index contributed by atoms with van der Waals surface area (Å²) in [6.45, 7) is 14.4. The molecule has 0 aliphatic carbocycles. The second kappa shape index (κ2) is 44.3. The molecule has 88 heavy (non-hydrogen) atoms. The van der Waals surface area contributed by atoms with E-state index in [0.29, 0.717) is 69.4 Å². The highest BCUT2D eigenvalue weighted by Gasteiger charge is 2.30. The second-order valence-electron chi connectivity index (χ2n) is 25.5. The fourth-order valence-electron chi connectivity index (χ4n) is 12.8. The standard InChI is InChI=1S/C74H112Br2F2N4O2S4/c1-7-13-19-25-29-31-35-41-49-83-71-59(67-69(81-87-79-67)63(65(71)77)61-53-57(73(75)85-61)51-55(43-37-23-17-11-5)45-39-33-27-21-15-9-3)47-48-60-68-70(82-88-80-68)64(66(78)72(60)84-50-42-36-32-30-26-20-14-8-2)62-54-58(74(76)86-62)52-56(44-38-24-18-12-6)46-40-34-28-22-16-10-4/h47-48,53-56H,7-46,49-52H2,1-6H3/b48-47+. The summed E-state index contributed by atoms with van der Waals surface area (Å²) in [5, 5.41) is 0. The topological polar surface area (TPSA) is 70.0 Å². The maximum absolute atomic E-state index is 18.2. The minimum atomic E-state index is -0.440. The number of thiophene rings is 2. The second-order valence-corrected chi connectivity index (χ2v) is 31.3. The maximum Gasteiger partial charge on any atom is 0.176 e. The van der Waals surface area contributed by atoms with E-state index in [-0.39, 0.29) is 11.5 Å². The summed E-state index contributed by atoms with van der Waals surface area (Å²) in [4.78, 5) is 1.64. The third-order valence-electron chi connectivity index (χ3n) is 18.1. The molecule has 6 nitrogen and oxygen atoms in total. The van der Waals surface area contributed by atoms with E-state index in [9.17, 15) is 0 Å². The first-order chi connectivity index (χ1) is 43.2. The number of ether oxygens (including phenoxy) is 2. The third-order valence-corrected chi connectivity index (χ3v) is 23.1. The number of aromatic nitrogens is 4. The lowest BCUT2D eigenvalue weighted by Gasteiger charge is -2.17. The molecule has 0 aliphatic rings. The number of unbranched alkanes of at least 4 members (excludes halogenated alkanes) is 30. The number of hydrogen-bond acceptors (Lipinski definition) is 10. The normalized spacial score (nSPS) is 12.7. The van der Waals surface area contributed by atoms with Crippen LogP contribution in [0.3, 0.4) is 0 Å². The smallest absolute Gasteiger partial charge is 0.176 e. The third kappa shape index (κ3) is 24.5. The predicted octanol–water partition coefficient (Wildman–Crippen LogP) is 27.9. The molecule has 4 heterocycles. The number of benzene rings is 2. The van der Waals surface area contributed by atoms with Crippen molar-refractivity contribution in [3.63, 3.8) is 0 Å². The molecule has 0 fully saturated rings. The van der Waals surface area contributed by atoms with Gasteiger partial charge in [-0.1, -0.05) is 286 Å². The number of halogens is 4. The van der Waals surface area contributed by atoms with E-state index in [2.05, 4.69) is 85.5 Å². The molecular weight excluding hydrogens is 1300 g/mol. The largest absolute Gasteiger partial charge is 0.490 e. The molecule has 0 aliphatic heterocycles. The van der Waals surface area contributed by atoms with Gasteiger partial charge in [0.2, 0.25) is 0 Å². The van der Waals surface area contributed by atoms with Gasteiger partial charge in [-0.15, -0.1) is 22.7 Å². The number of rotatable bonds is 52. The van der Waals surface area contributed by atoms with Crippen molar-refractivity contribution in [2.45, 2.75) is 311 Å². The first kappa shape index (κ1) is 74.7. The SMILES string of the molecule is CCCCCCCCCCOc1c(F)c(-c2cc(CC(CCCCCC)CCCCCCCC)c(Br)s2)c2nsnc2c1/C=C/c1c(OCCCCCCCCCC)c(F)c(-c2cc(CC(CCCCCC)CCCCCCCC)c(Br)s2)c2nsnc12. The van der Waals surface area contributed by atoms with E-state index < -0.39 is 11.6 Å². The Bertz CT molecular complexity index is 2690. The first-order valence-electron chi connectivity index (χ1n) is 35.6. The molecule has 0 spiro atoms. The first-order valence-corrected chi connectivity index (χ1v) is 40.3. The molecule has 492 valence electrons. The van der Waals surface area contributed by atoms with Crippen molar-refractivity contribution in [3.8, 4) is 32.4 Å². The van der Waals surface area contributed by atoms with Gasteiger partial charge in [-0.2, -0.15) is 17.5 Å². The van der Waals surface area contributed by atoms with Crippen LogP contribution in [0.15, 0.2) is 19.7 Å². The Labute approximate surface area is 565 Å². The molecule has 2 atom stereocenters. The quantitative estimate of drug-likeness (QED) is 0.0280. The van der Waals surface area contributed by atoms with Gasteiger partial charge < -0.3 is 9.47 Å². The zero-order valence-electron chi connectivity index (χ0n) is 55.3. The van der Waals surface area contributed by atoms with E-state index in [1.165, 1.54) is 229 Å². The number of fused-ring (bicyclic) bond motifs is 2. The zero-order valence-corrected chi connectivity index (χ0v) is 61.8. The molecule has 0 N–H and O–H groups in total. The van der Waals surface area contributed by atoms with Crippen LogP contribution in [0, 0.1) is 23.5 Å². The average Bonchev–Trinajstić information content (AvgIpc) is 1.81. The van der Waals surface area contributed by atoms with E-state index in [1.807, 2.05) is 12.2 Å². The Morgan fingerprint density at radius 3 is 0.977 bits per heavy atom. The van der Waals surface area contributed by atoms with Crippen molar-refractivity contribution in [2.24, 2.45) is 11.8 Å². The summed E-state index contributed by atoms with van der Waals surface area (Å²) >= 11 is 13.3. The van der Waals surface area contributed by atoms with Gasteiger partial charge in [0.05, 0.1) is 55.4 Å².